The summed E-state index contributed by atoms with van der Waals surface area (Å²) in [6.07, 6.45) is 2.38. The van der Waals surface area contributed by atoms with Crippen LogP contribution < -0.4 is 10.2 Å². The zero-order valence-electron chi connectivity index (χ0n) is 12.2. The van der Waals surface area contributed by atoms with Gasteiger partial charge in [0.15, 0.2) is 0 Å². The van der Waals surface area contributed by atoms with Crippen LogP contribution in [0.5, 0.6) is 0 Å². The number of piperidine rings is 1. The monoisotopic (exact) mass is 308 g/mol. The largest absolute Gasteiger partial charge is 0.407 e. The number of rotatable bonds is 4. The van der Waals surface area contributed by atoms with Gasteiger partial charge in [-0.2, -0.15) is 0 Å². The van der Waals surface area contributed by atoms with Gasteiger partial charge in [0, 0.05) is 19.0 Å². The third-order valence-corrected chi connectivity index (χ3v) is 3.75. The Balaban J connectivity index is 0.00000161. The fraction of sp³-hybridized carbons (Fsp3) is 0.467. The van der Waals surface area contributed by atoms with Crippen molar-refractivity contribution in [1.82, 2.24) is 15.5 Å². The Labute approximate surface area is 131 Å². The summed E-state index contributed by atoms with van der Waals surface area (Å²) in [4.78, 5) is 2.20. The van der Waals surface area contributed by atoms with Gasteiger partial charge >= 0.3 is 6.01 Å². The average Bonchev–Trinajstić information content (AvgIpc) is 2.97. The first-order valence-corrected chi connectivity index (χ1v) is 7.13. The number of nitrogens with one attached hydrogen (secondary N) is 1. The number of anilines is 1. The van der Waals surface area contributed by atoms with Crippen LogP contribution in [0.4, 0.5) is 6.01 Å². The zero-order chi connectivity index (χ0) is 13.8. The van der Waals surface area contributed by atoms with Crippen molar-refractivity contribution in [3.63, 3.8) is 0 Å². The highest BCUT2D eigenvalue weighted by Gasteiger charge is 2.24. The summed E-state index contributed by atoms with van der Waals surface area (Å²) in [6, 6.07) is 11.3. The highest BCUT2D eigenvalue weighted by Crippen LogP contribution is 2.29. The first-order chi connectivity index (χ1) is 9.86. The van der Waals surface area contributed by atoms with Crippen molar-refractivity contribution in [3.05, 3.63) is 41.8 Å². The smallest absolute Gasteiger partial charge is 0.318 e. The van der Waals surface area contributed by atoms with Crippen LogP contribution in [0, 0.1) is 0 Å². The maximum Gasteiger partial charge on any atom is 0.318 e. The molecule has 0 saturated carbocycles. The Morgan fingerprint density at radius 2 is 2.10 bits per heavy atom. The maximum absolute atomic E-state index is 5.69. The van der Waals surface area contributed by atoms with Crippen molar-refractivity contribution in [3.8, 4) is 0 Å². The molecule has 2 aromatic rings. The van der Waals surface area contributed by atoms with Gasteiger partial charge in [-0.05, 0) is 25.5 Å². The van der Waals surface area contributed by atoms with Gasteiger partial charge in [-0.3, -0.25) is 0 Å². The van der Waals surface area contributed by atoms with Crippen LogP contribution >= 0.6 is 12.4 Å². The highest BCUT2D eigenvalue weighted by atomic mass is 35.5. The van der Waals surface area contributed by atoms with Crippen LogP contribution in [0.3, 0.4) is 0 Å². The number of nitrogens with zero attached hydrogens (tertiary/aromatic N) is 3. The van der Waals surface area contributed by atoms with Crippen molar-refractivity contribution in [2.24, 2.45) is 0 Å². The Bertz CT molecular complexity index is 546. The molecule has 0 spiro atoms. The second-order valence-corrected chi connectivity index (χ2v) is 5.20. The molecule has 0 bridgehead atoms. The minimum Gasteiger partial charge on any atom is -0.407 e. The molecule has 1 N–H and O–H groups in total. The van der Waals surface area contributed by atoms with E-state index in [4.69, 9.17) is 4.42 Å². The predicted octanol–water partition coefficient (Wildman–Crippen LogP) is 2.59. The van der Waals surface area contributed by atoms with E-state index >= 15 is 0 Å². The summed E-state index contributed by atoms with van der Waals surface area (Å²) in [6.45, 7) is 2.55. The van der Waals surface area contributed by atoms with Gasteiger partial charge in [-0.1, -0.05) is 35.4 Å². The summed E-state index contributed by atoms with van der Waals surface area (Å²) in [7, 11) is 1.87. The molecule has 1 fully saturated rings. The Morgan fingerprint density at radius 1 is 1.29 bits per heavy atom. The standard InChI is InChI=1S/C15H20N4O.ClH/c1-16-10-14-17-18-15(20-14)19-9-5-8-13(11-19)12-6-3-2-4-7-12;/h2-4,6-7,13,16H,5,8-11H2,1H3;1H. The fourth-order valence-corrected chi connectivity index (χ4v) is 2.74. The lowest BCUT2D eigenvalue weighted by Crippen LogP contribution is -2.34. The molecule has 0 radical (unpaired) electrons. The molecule has 6 heteroatoms. The lowest BCUT2D eigenvalue weighted by atomic mass is 9.91. The van der Waals surface area contributed by atoms with Crippen LogP contribution in [-0.4, -0.2) is 30.3 Å². The zero-order valence-corrected chi connectivity index (χ0v) is 13.0. The van der Waals surface area contributed by atoms with Gasteiger partial charge in [0.2, 0.25) is 5.89 Å². The van der Waals surface area contributed by atoms with Gasteiger partial charge in [0.25, 0.3) is 0 Å². The van der Waals surface area contributed by atoms with Crippen LogP contribution in [-0.2, 0) is 6.54 Å². The molecule has 0 amide bonds. The van der Waals surface area contributed by atoms with E-state index in [1.54, 1.807) is 0 Å². The lowest BCUT2D eigenvalue weighted by molar-refractivity contribution is 0.435. The first kappa shape index (κ1) is 15.8. The normalized spacial score (nSPS) is 18.3. The topological polar surface area (TPSA) is 54.2 Å². The summed E-state index contributed by atoms with van der Waals surface area (Å²) in [5, 5.41) is 11.2. The molecular formula is C15H21ClN4O. The van der Waals surface area contributed by atoms with E-state index in [2.05, 4.69) is 50.7 Å². The minimum absolute atomic E-state index is 0. The molecule has 21 heavy (non-hydrogen) atoms. The molecule has 5 nitrogen and oxygen atoms in total. The van der Waals surface area contributed by atoms with Gasteiger partial charge < -0.3 is 14.6 Å². The van der Waals surface area contributed by atoms with E-state index in [9.17, 15) is 0 Å². The number of benzene rings is 1. The first-order valence-electron chi connectivity index (χ1n) is 7.13. The molecule has 1 aliphatic heterocycles. The number of halogens is 1. The van der Waals surface area contributed by atoms with Crippen LogP contribution in [0.2, 0.25) is 0 Å². The van der Waals surface area contributed by atoms with E-state index in [-0.39, 0.29) is 12.4 Å². The summed E-state index contributed by atoms with van der Waals surface area (Å²) < 4.78 is 5.69. The average molecular weight is 309 g/mol. The van der Waals surface area contributed by atoms with Crippen molar-refractivity contribution >= 4 is 18.4 Å². The van der Waals surface area contributed by atoms with E-state index in [1.807, 2.05) is 7.05 Å². The van der Waals surface area contributed by atoms with E-state index < -0.39 is 0 Å². The third-order valence-electron chi connectivity index (χ3n) is 3.75. The Kier molecular flexibility index (Phi) is 5.59. The Morgan fingerprint density at radius 3 is 2.86 bits per heavy atom. The van der Waals surface area contributed by atoms with Gasteiger partial charge in [0.05, 0.1) is 6.54 Å². The molecule has 1 aromatic heterocycles. The quantitative estimate of drug-likeness (QED) is 0.941. The van der Waals surface area contributed by atoms with Crippen LogP contribution in [0.25, 0.3) is 0 Å². The maximum atomic E-state index is 5.69. The summed E-state index contributed by atoms with van der Waals surface area (Å²) in [5.74, 6) is 1.19. The second-order valence-electron chi connectivity index (χ2n) is 5.20. The lowest BCUT2D eigenvalue weighted by Gasteiger charge is -2.31. The Hall–Kier alpha value is -1.59. The van der Waals surface area contributed by atoms with Gasteiger partial charge in [0.1, 0.15) is 0 Å². The molecule has 1 aliphatic rings. The number of hydrogen-bond donors (Lipinski definition) is 1. The summed E-state index contributed by atoms with van der Waals surface area (Å²) >= 11 is 0. The number of hydrogen-bond acceptors (Lipinski definition) is 5. The third kappa shape index (κ3) is 3.74. The summed E-state index contributed by atoms with van der Waals surface area (Å²) in [5.41, 5.74) is 1.40. The molecule has 0 aliphatic carbocycles. The van der Waals surface area contributed by atoms with Crippen molar-refractivity contribution in [2.75, 3.05) is 25.0 Å². The minimum atomic E-state index is 0. The molecule has 1 atom stereocenters. The van der Waals surface area contributed by atoms with Gasteiger partial charge in [-0.15, -0.1) is 17.5 Å². The molecule has 3 rings (SSSR count). The van der Waals surface area contributed by atoms with E-state index in [0.717, 1.165) is 19.5 Å². The molecule has 1 saturated heterocycles. The van der Waals surface area contributed by atoms with E-state index in [0.29, 0.717) is 24.4 Å². The molecule has 1 unspecified atom stereocenters. The molecule has 2 heterocycles. The number of aromatic nitrogens is 2. The van der Waals surface area contributed by atoms with E-state index in [1.165, 1.54) is 12.0 Å². The van der Waals surface area contributed by atoms with Crippen molar-refractivity contribution in [2.45, 2.75) is 25.3 Å². The molecule has 1 aromatic carbocycles. The van der Waals surface area contributed by atoms with Crippen LogP contribution in [0.15, 0.2) is 34.7 Å². The molecule has 114 valence electrons. The SMILES string of the molecule is CNCc1nnc(N2CCCC(c3ccccc3)C2)o1.Cl. The molecular weight excluding hydrogens is 288 g/mol. The highest BCUT2D eigenvalue weighted by molar-refractivity contribution is 5.85. The fourth-order valence-electron chi connectivity index (χ4n) is 2.74. The van der Waals surface area contributed by atoms with Gasteiger partial charge in [-0.25, -0.2) is 0 Å². The second kappa shape index (κ2) is 7.43. The van der Waals surface area contributed by atoms with Crippen molar-refractivity contribution < 1.29 is 4.42 Å². The predicted molar refractivity (Wildman–Crippen MR) is 84.9 cm³/mol. The van der Waals surface area contributed by atoms with Crippen molar-refractivity contribution in [1.29, 1.82) is 0 Å². The van der Waals surface area contributed by atoms with Crippen LogP contribution in [0.1, 0.15) is 30.2 Å².